The van der Waals surface area contributed by atoms with Crippen molar-refractivity contribution in [1.29, 1.82) is 0 Å². The lowest BCUT2D eigenvalue weighted by Crippen LogP contribution is -2.60. The molecule has 8 nitrogen and oxygen atoms in total. The summed E-state index contributed by atoms with van der Waals surface area (Å²) in [6.45, 7) is 3.54. The van der Waals surface area contributed by atoms with Gasteiger partial charge in [-0.1, -0.05) is 30.7 Å². The Balaban J connectivity index is 1.55. The highest BCUT2D eigenvalue weighted by Gasteiger charge is 2.48. The number of nitrogens with zero attached hydrogens (tertiary/aromatic N) is 3. The first-order valence-electron chi connectivity index (χ1n) is 10.3. The quantitative estimate of drug-likeness (QED) is 0.703. The van der Waals surface area contributed by atoms with Gasteiger partial charge in [-0.25, -0.2) is 13.4 Å². The number of benzene rings is 1. The van der Waals surface area contributed by atoms with Crippen LogP contribution in [0.3, 0.4) is 0 Å². The minimum atomic E-state index is -3.27. The zero-order valence-corrected chi connectivity index (χ0v) is 18.4. The van der Waals surface area contributed by atoms with Crippen molar-refractivity contribution in [2.75, 3.05) is 24.2 Å². The Morgan fingerprint density at radius 1 is 1.26 bits per heavy atom. The number of hydrogen-bond acceptors (Lipinski definition) is 7. The third kappa shape index (κ3) is 5.04. The van der Waals surface area contributed by atoms with E-state index in [1.54, 1.807) is 19.1 Å². The molecule has 1 saturated carbocycles. The Labute approximate surface area is 182 Å². The number of carbonyl (C=O) groups is 1. The van der Waals surface area contributed by atoms with Gasteiger partial charge in [-0.3, -0.25) is 4.79 Å². The number of anilines is 1. The van der Waals surface area contributed by atoms with Crippen molar-refractivity contribution >= 4 is 21.7 Å². The highest BCUT2D eigenvalue weighted by Crippen LogP contribution is 2.49. The van der Waals surface area contributed by atoms with Crippen LogP contribution >= 0.6 is 0 Å². The number of para-hydroxylation sites is 1. The fraction of sp³-hybridized carbons (Fsp3) is 0.409. The number of amides is 1. The first kappa shape index (κ1) is 21.3. The molecule has 1 spiro atoms. The van der Waals surface area contributed by atoms with Crippen molar-refractivity contribution in [2.24, 2.45) is 5.41 Å². The molecular formula is C22H26N4O4S. The van der Waals surface area contributed by atoms with Crippen molar-refractivity contribution in [1.82, 2.24) is 15.3 Å². The second-order valence-corrected chi connectivity index (χ2v) is 10.4. The fourth-order valence-electron chi connectivity index (χ4n) is 3.83. The Morgan fingerprint density at radius 3 is 2.58 bits per heavy atom. The SMILES string of the molecule is C[C@@H](/C=C/S(C)(=O)=O)NC(=O)c1cnc(N2CC3(CCC3)C2)nc1Oc1ccccc1. The van der Waals surface area contributed by atoms with Gasteiger partial charge in [0.2, 0.25) is 11.8 Å². The fourth-order valence-corrected chi connectivity index (χ4v) is 4.36. The van der Waals surface area contributed by atoms with Crippen LogP contribution in [0.4, 0.5) is 5.95 Å². The van der Waals surface area contributed by atoms with Crippen LogP contribution in [0.5, 0.6) is 11.6 Å². The van der Waals surface area contributed by atoms with Crippen LogP contribution in [0.15, 0.2) is 48.0 Å². The van der Waals surface area contributed by atoms with Gasteiger partial charge < -0.3 is 15.0 Å². The molecule has 9 heteroatoms. The summed E-state index contributed by atoms with van der Waals surface area (Å²) in [6, 6.07) is 8.62. The second-order valence-electron chi connectivity index (χ2n) is 8.43. The van der Waals surface area contributed by atoms with Gasteiger partial charge in [-0.2, -0.15) is 4.98 Å². The molecule has 1 saturated heterocycles. The van der Waals surface area contributed by atoms with E-state index in [1.807, 2.05) is 18.2 Å². The summed E-state index contributed by atoms with van der Waals surface area (Å²) in [7, 11) is -3.27. The molecule has 164 valence electrons. The van der Waals surface area contributed by atoms with E-state index in [-0.39, 0.29) is 11.4 Å². The molecule has 1 atom stereocenters. The number of hydrogen-bond donors (Lipinski definition) is 1. The van der Waals surface area contributed by atoms with Crippen LogP contribution in [-0.4, -0.2) is 49.7 Å². The monoisotopic (exact) mass is 442 g/mol. The molecule has 1 amide bonds. The summed E-state index contributed by atoms with van der Waals surface area (Å²) in [6.07, 6.45) is 7.75. The van der Waals surface area contributed by atoms with Gasteiger partial charge in [-0.15, -0.1) is 0 Å². The van der Waals surface area contributed by atoms with Gasteiger partial charge in [0.15, 0.2) is 9.84 Å². The van der Waals surface area contributed by atoms with E-state index in [0.29, 0.717) is 17.1 Å². The molecule has 2 aromatic rings. The van der Waals surface area contributed by atoms with E-state index in [9.17, 15) is 13.2 Å². The largest absolute Gasteiger partial charge is 0.438 e. The van der Waals surface area contributed by atoms with E-state index >= 15 is 0 Å². The topological polar surface area (TPSA) is 101 Å². The van der Waals surface area contributed by atoms with Gasteiger partial charge >= 0.3 is 0 Å². The predicted octanol–water partition coefficient (Wildman–Crippen LogP) is 2.94. The normalized spacial score (nSPS) is 18.3. The van der Waals surface area contributed by atoms with E-state index < -0.39 is 21.8 Å². The molecule has 1 aliphatic carbocycles. The first-order chi connectivity index (χ1) is 14.7. The summed E-state index contributed by atoms with van der Waals surface area (Å²) in [4.78, 5) is 23.9. The van der Waals surface area contributed by atoms with Crippen molar-refractivity contribution in [3.8, 4) is 11.6 Å². The molecule has 1 aromatic carbocycles. The molecule has 1 N–H and O–H groups in total. The van der Waals surface area contributed by atoms with Crippen LogP contribution in [-0.2, 0) is 9.84 Å². The summed E-state index contributed by atoms with van der Waals surface area (Å²) >= 11 is 0. The molecule has 0 bridgehead atoms. The maximum absolute atomic E-state index is 12.8. The van der Waals surface area contributed by atoms with Crippen LogP contribution in [0, 0.1) is 5.41 Å². The molecule has 4 rings (SSSR count). The van der Waals surface area contributed by atoms with Gasteiger partial charge in [0.05, 0.1) is 0 Å². The van der Waals surface area contributed by atoms with E-state index in [4.69, 9.17) is 4.74 Å². The average molecular weight is 443 g/mol. The lowest BCUT2D eigenvalue weighted by atomic mass is 9.64. The zero-order chi connectivity index (χ0) is 22.1. The highest BCUT2D eigenvalue weighted by atomic mass is 32.2. The van der Waals surface area contributed by atoms with Gasteiger partial charge in [0, 0.05) is 42.4 Å². The smallest absolute Gasteiger partial charge is 0.258 e. The summed E-state index contributed by atoms with van der Waals surface area (Å²) in [5.74, 6) is 0.833. The molecule has 2 fully saturated rings. The van der Waals surface area contributed by atoms with Crippen LogP contribution < -0.4 is 15.0 Å². The highest BCUT2D eigenvalue weighted by molar-refractivity contribution is 7.93. The Kier molecular flexibility index (Phi) is 5.70. The van der Waals surface area contributed by atoms with Gasteiger partial charge in [0.1, 0.15) is 11.3 Å². The minimum Gasteiger partial charge on any atom is -0.438 e. The molecular weight excluding hydrogens is 416 g/mol. The predicted molar refractivity (Wildman–Crippen MR) is 118 cm³/mol. The average Bonchev–Trinajstić information content (AvgIpc) is 2.64. The number of rotatable bonds is 7. The van der Waals surface area contributed by atoms with Crippen molar-refractivity contribution < 1.29 is 17.9 Å². The Morgan fingerprint density at radius 2 is 1.97 bits per heavy atom. The van der Waals surface area contributed by atoms with Crippen LogP contribution in [0.1, 0.15) is 36.5 Å². The number of ether oxygens (including phenoxy) is 1. The minimum absolute atomic E-state index is 0.169. The Bertz CT molecular complexity index is 1090. The third-order valence-corrected chi connectivity index (χ3v) is 6.32. The summed E-state index contributed by atoms with van der Waals surface area (Å²) in [5.41, 5.74) is 0.604. The van der Waals surface area contributed by atoms with Gasteiger partial charge in [0.25, 0.3) is 5.91 Å². The van der Waals surface area contributed by atoms with E-state index in [1.165, 1.54) is 31.5 Å². The van der Waals surface area contributed by atoms with E-state index in [2.05, 4.69) is 20.2 Å². The molecule has 2 heterocycles. The number of nitrogens with one attached hydrogen (secondary N) is 1. The third-order valence-electron chi connectivity index (χ3n) is 5.67. The molecule has 2 aliphatic rings. The molecule has 31 heavy (non-hydrogen) atoms. The summed E-state index contributed by atoms with van der Waals surface area (Å²) < 4.78 is 28.5. The maximum Gasteiger partial charge on any atom is 0.258 e. The lowest BCUT2D eigenvalue weighted by Gasteiger charge is -2.55. The molecule has 0 radical (unpaired) electrons. The number of carbonyl (C=O) groups excluding carboxylic acids is 1. The molecule has 0 unspecified atom stereocenters. The second kappa shape index (κ2) is 8.30. The maximum atomic E-state index is 12.8. The van der Waals surface area contributed by atoms with Crippen molar-refractivity contribution in [2.45, 2.75) is 32.2 Å². The molecule has 1 aromatic heterocycles. The lowest BCUT2D eigenvalue weighted by molar-refractivity contribution is 0.0884. The van der Waals surface area contributed by atoms with Gasteiger partial charge in [-0.05, 0) is 31.9 Å². The molecule has 1 aliphatic heterocycles. The van der Waals surface area contributed by atoms with E-state index in [0.717, 1.165) is 24.8 Å². The standard InChI is InChI=1S/C22H26N4O4S/c1-16(9-12-31(2,28)29)24-19(27)18-13-23-21(26-14-22(15-26)10-6-11-22)25-20(18)30-17-7-4-3-5-8-17/h3-5,7-9,12-13,16H,6,10-11,14-15H2,1-2H3,(H,24,27)/b12-9+/t16-/m0/s1. The van der Waals surface area contributed by atoms with Crippen molar-refractivity contribution in [3.05, 3.63) is 53.6 Å². The summed E-state index contributed by atoms with van der Waals surface area (Å²) in [5, 5.41) is 3.81. The number of sulfone groups is 1. The first-order valence-corrected chi connectivity index (χ1v) is 12.2. The van der Waals surface area contributed by atoms with Crippen LogP contribution in [0.25, 0.3) is 0 Å². The number of aromatic nitrogens is 2. The Hall–Kier alpha value is -2.94. The zero-order valence-electron chi connectivity index (χ0n) is 17.6. The van der Waals surface area contributed by atoms with Crippen LogP contribution in [0.2, 0.25) is 0 Å². The van der Waals surface area contributed by atoms with Crippen molar-refractivity contribution in [3.63, 3.8) is 0 Å².